The summed E-state index contributed by atoms with van der Waals surface area (Å²) in [6.07, 6.45) is 0. The monoisotopic (exact) mass is 651 g/mol. The van der Waals surface area contributed by atoms with Gasteiger partial charge in [-0.3, -0.25) is 0 Å². The summed E-state index contributed by atoms with van der Waals surface area (Å²) in [5.74, 6) is -0.742. The lowest BCUT2D eigenvalue weighted by molar-refractivity contribution is 0.396. The zero-order valence-electron chi connectivity index (χ0n) is 14.6. The lowest BCUT2D eigenvalue weighted by Gasteiger charge is -2.19. The van der Waals surface area contributed by atoms with Crippen molar-refractivity contribution in [3.05, 3.63) is 63.8 Å². The van der Waals surface area contributed by atoms with Crippen LogP contribution in [-0.2, 0) is 4.57 Å². The zero-order chi connectivity index (χ0) is 23.8. The molecule has 17 heteroatoms. The van der Waals surface area contributed by atoms with Crippen LogP contribution in [0.5, 0.6) is 11.8 Å². The van der Waals surface area contributed by atoms with Crippen molar-refractivity contribution in [3.8, 4) is 11.8 Å². The van der Waals surface area contributed by atoms with Crippen molar-refractivity contribution in [2.24, 2.45) is 0 Å². The van der Waals surface area contributed by atoms with Crippen LogP contribution in [0.15, 0.2) is 23.2 Å². The van der Waals surface area contributed by atoms with E-state index >= 15 is 0 Å². The number of nitrogens with zero attached hydrogens (tertiary/aromatic N) is 3. The molecule has 0 N–H and O–H groups in total. The van der Waals surface area contributed by atoms with Crippen LogP contribution in [0.1, 0.15) is 0 Å². The van der Waals surface area contributed by atoms with E-state index in [0.29, 0.717) is 11.4 Å². The number of hydrogen-bond acceptors (Lipinski definition) is 7. The van der Waals surface area contributed by atoms with Gasteiger partial charge in [0.05, 0.1) is 20.1 Å². The van der Waals surface area contributed by atoms with E-state index in [1.54, 1.807) is 0 Å². The largest absolute Gasteiger partial charge is 0.501 e. The van der Waals surface area contributed by atoms with Crippen molar-refractivity contribution in [1.82, 2.24) is 15.0 Å². The summed E-state index contributed by atoms with van der Waals surface area (Å²) in [4.78, 5) is 11.7. The third-order valence-corrected chi connectivity index (χ3v) is 9.26. The van der Waals surface area contributed by atoms with Crippen LogP contribution >= 0.6 is 123 Å². The molecule has 3 aromatic rings. The average Bonchev–Trinajstić information content (AvgIpc) is 2.68. The first-order valence-corrected chi connectivity index (χ1v) is 14.0. The number of rotatable bonds is 6. The molecule has 0 aliphatic carbocycles. The Morgan fingerprint density at radius 3 is 1.41 bits per heavy atom. The van der Waals surface area contributed by atoms with Gasteiger partial charge in [0.25, 0.3) is 0 Å². The molecule has 32 heavy (non-hydrogen) atoms. The molecule has 0 unspecified atom stereocenters. The summed E-state index contributed by atoms with van der Waals surface area (Å²) >= 11 is 54.2. The summed E-state index contributed by atoms with van der Waals surface area (Å²) in [7, 11) is 0. The Hall–Kier alpha value is 0.240. The Balaban J connectivity index is 2.08. The molecule has 0 bridgehead atoms. The molecule has 3 heterocycles. The molecule has 0 spiro atoms. The summed E-state index contributed by atoms with van der Waals surface area (Å²) in [5, 5.41) is -0.599. The highest BCUT2D eigenvalue weighted by molar-refractivity contribution is 8.55. The van der Waals surface area contributed by atoms with Gasteiger partial charge in [-0.1, -0.05) is 104 Å². The van der Waals surface area contributed by atoms with Crippen LogP contribution < -0.4 is 9.05 Å². The predicted molar refractivity (Wildman–Crippen MR) is 133 cm³/mol. The second kappa shape index (κ2) is 10.9. The van der Waals surface area contributed by atoms with Gasteiger partial charge in [0.1, 0.15) is 20.2 Å². The highest BCUT2D eigenvalue weighted by atomic mass is 35.5. The van der Waals surface area contributed by atoms with Crippen molar-refractivity contribution in [2.75, 3.05) is 0 Å². The fourth-order valence-corrected chi connectivity index (χ4v) is 6.84. The number of pyridine rings is 3. The highest BCUT2D eigenvalue weighted by Gasteiger charge is 2.36. The van der Waals surface area contributed by atoms with E-state index < -0.39 is 6.80 Å². The highest BCUT2D eigenvalue weighted by Crippen LogP contribution is 2.64. The van der Waals surface area contributed by atoms with Crippen LogP contribution in [0.3, 0.4) is 0 Å². The van der Waals surface area contributed by atoms with Gasteiger partial charge < -0.3 is 9.05 Å². The third kappa shape index (κ3) is 6.46. The normalized spacial score (nSPS) is 11.5. The van der Waals surface area contributed by atoms with Crippen molar-refractivity contribution >= 4 is 123 Å². The Labute approximate surface area is 229 Å². The van der Waals surface area contributed by atoms with E-state index in [1.807, 2.05) is 0 Å². The molecule has 170 valence electrons. The van der Waals surface area contributed by atoms with Gasteiger partial charge in [0.2, 0.25) is 11.8 Å². The van der Waals surface area contributed by atoms with Gasteiger partial charge in [0, 0.05) is 11.4 Å². The first-order chi connectivity index (χ1) is 14.9. The molecular formula is C15H3Cl9N3O3PS. The van der Waals surface area contributed by atoms with Crippen LogP contribution in [0, 0.1) is 0 Å². The van der Waals surface area contributed by atoms with E-state index in [0.717, 1.165) is 0 Å². The summed E-state index contributed by atoms with van der Waals surface area (Å²) in [6, 6.07) is 3.76. The average molecular weight is 655 g/mol. The molecule has 0 amide bonds. The molecule has 0 atom stereocenters. The molecule has 3 aromatic heterocycles. The smallest absolute Gasteiger partial charge is 0.388 e. The fourth-order valence-electron chi connectivity index (χ4n) is 1.85. The van der Waals surface area contributed by atoms with Crippen LogP contribution in [0.25, 0.3) is 0 Å². The van der Waals surface area contributed by atoms with Gasteiger partial charge in [-0.25, -0.2) is 9.55 Å². The minimum Gasteiger partial charge on any atom is -0.388 e. The summed E-state index contributed by atoms with van der Waals surface area (Å²) in [5.41, 5.74) is 0. The van der Waals surface area contributed by atoms with Gasteiger partial charge >= 0.3 is 6.80 Å². The van der Waals surface area contributed by atoms with Gasteiger partial charge in [-0.15, -0.1) is 0 Å². The van der Waals surface area contributed by atoms with Crippen molar-refractivity contribution in [2.45, 2.75) is 5.03 Å². The SMILES string of the molecule is O=P(Oc1nc(Cl)c(Cl)cc1Cl)(Oc1nc(Cl)c(Cl)cc1Cl)Sc1nc(Cl)c(Cl)cc1Cl. The van der Waals surface area contributed by atoms with Crippen molar-refractivity contribution < 1.29 is 13.6 Å². The van der Waals surface area contributed by atoms with Crippen molar-refractivity contribution in [1.29, 1.82) is 0 Å². The lowest BCUT2D eigenvalue weighted by atomic mass is 10.5. The minimum atomic E-state index is -4.40. The maximum Gasteiger partial charge on any atom is 0.501 e. The van der Waals surface area contributed by atoms with Crippen LogP contribution in [-0.4, -0.2) is 15.0 Å². The predicted octanol–water partition coefficient (Wildman–Crippen LogP) is 10.1. The Kier molecular flexibility index (Phi) is 9.13. The van der Waals surface area contributed by atoms with E-state index in [9.17, 15) is 4.57 Å². The van der Waals surface area contributed by atoms with Gasteiger partial charge in [-0.2, -0.15) is 9.97 Å². The molecule has 3 rings (SSSR count). The molecule has 0 radical (unpaired) electrons. The van der Waals surface area contributed by atoms with Crippen LogP contribution in [0.2, 0.25) is 45.6 Å². The molecule has 0 aliphatic heterocycles. The molecule has 0 fully saturated rings. The standard InChI is InChI=1S/C15H3Cl9N3O3PS/c16-4-1-7(19)13(25-10(4)22)29-31(28,30-14-8(20)2-5(17)11(23)26-14)32-15-9(21)3-6(18)12(24)27-15/h1-3H. The minimum absolute atomic E-state index is 0.00165. The number of halogens is 9. The molecular weight excluding hydrogens is 652 g/mol. The van der Waals surface area contributed by atoms with E-state index in [2.05, 4.69) is 15.0 Å². The summed E-state index contributed by atoms with van der Waals surface area (Å²) in [6.45, 7) is -4.40. The quantitative estimate of drug-likeness (QED) is 0.193. The van der Waals surface area contributed by atoms with Crippen molar-refractivity contribution in [3.63, 3.8) is 0 Å². The first kappa shape index (κ1) is 26.8. The first-order valence-electron chi connectivity index (χ1n) is 7.62. The molecule has 0 aromatic carbocycles. The van der Waals surface area contributed by atoms with Crippen LogP contribution in [0.4, 0.5) is 0 Å². The van der Waals surface area contributed by atoms with E-state index in [4.69, 9.17) is 113 Å². The molecule has 0 saturated heterocycles. The van der Waals surface area contributed by atoms with Gasteiger partial charge in [-0.05, 0) is 18.2 Å². The lowest BCUT2D eigenvalue weighted by Crippen LogP contribution is -2.03. The molecule has 0 aliphatic rings. The second-order valence-corrected chi connectivity index (χ2v) is 12.6. The summed E-state index contributed by atoms with van der Waals surface area (Å²) < 4.78 is 24.7. The van der Waals surface area contributed by atoms with E-state index in [1.165, 1.54) is 18.2 Å². The Bertz CT molecular complexity index is 1120. The number of hydrogen-bond donors (Lipinski definition) is 0. The number of aromatic nitrogens is 3. The molecule has 6 nitrogen and oxygen atoms in total. The maximum absolute atomic E-state index is 13.8. The second-order valence-electron chi connectivity index (χ2n) is 5.37. The fraction of sp³-hybridized carbons (Fsp3) is 0. The third-order valence-electron chi connectivity index (χ3n) is 3.16. The maximum atomic E-state index is 13.8. The Morgan fingerprint density at radius 1 is 0.594 bits per heavy atom. The zero-order valence-corrected chi connectivity index (χ0v) is 23.1. The molecule has 0 saturated carbocycles. The topological polar surface area (TPSA) is 74.2 Å². The van der Waals surface area contributed by atoms with Gasteiger partial charge in [0.15, 0.2) is 10.3 Å². The Morgan fingerprint density at radius 2 is 0.969 bits per heavy atom. The van der Waals surface area contributed by atoms with E-state index in [-0.39, 0.29) is 62.4 Å².